The van der Waals surface area contributed by atoms with Gasteiger partial charge in [0.15, 0.2) is 0 Å². The van der Waals surface area contributed by atoms with E-state index in [-0.39, 0.29) is 36.0 Å². The van der Waals surface area contributed by atoms with Crippen molar-refractivity contribution in [3.8, 4) is 0 Å². The molecule has 5 heteroatoms. The van der Waals surface area contributed by atoms with E-state index in [1.807, 2.05) is 0 Å². The van der Waals surface area contributed by atoms with Crippen LogP contribution in [-0.2, 0) is 14.6 Å². The quantitative estimate of drug-likeness (QED) is 0.320. The summed E-state index contributed by atoms with van der Waals surface area (Å²) in [6, 6.07) is 8.43. The van der Waals surface area contributed by atoms with Gasteiger partial charge in [0.1, 0.15) is 0 Å². The standard InChI is InChI=1S/C16H22O4.Na.H/c1-2-3-4-5-6-10-13-15(17)19-20-16(18)14-11-8-7-9-12-14;;/h7-9,11-12H,2-6,10,13H2,1H3;;. The molecule has 0 fully saturated rings. The Labute approximate surface area is 148 Å². The number of unbranched alkanes of at least 4 members (excludes halogenated alkanes) is 5. The number of carbonyl (C=O) groups is 2. The Morgan fingerprint density at radius 3 is 2.19 bits per heavy atom. The second kappa shape index (κ2) is 12.9. The first-order chi connectivity index (χ1) is 9.74. The van der Waals surface area contributed by atoms with Crippen LogP contribution in [0, 0.1) is 0 Å². The van der Waals surface area contributed by atoms with E-state index in [2.05, 4.69) is 16.7 Å². The third-order valence-corrected chi connectivity index (χ3v) is 2.95. The predicted molar refractivity (Wildman–Crippen MR) is 83.1 cm³/mol. The summed E-state index contributed by atoms with van der Waals surface area (Å²) in [4.78, 5) is 31.9. The van der Waals surface area contributed by atoms with Crippen LogP contribution in [0.25, 0.3) is 0 Å². The average molecular weight is 302 g/mol. The summed E-state index contributed by atoms with van der Waals surface area (Å²) in [5.74, 6) is -1.15. The van der Waals surface area contributed by atoms with E-state index in [4.69, 9.17) is 0 Å². The molecule has 0 saturated heterocycles. The van der Waals surface area contributed by atoms with Crippen molar-refractivity contribution in [1.29, 1.82) is 0 Å². The van der Waals surface area contributed by atoms with Gasteiger partial charge in [0.25, 0.3) is 0 Å². The van der Waals surface area contributed by atoms with Crippen molar-refractivity contribution in [2.24, 2.45) is 0 Å². The molecular formula is C16H23NaO4. The van der Waals surface area contributed by atoms with Crippen LogP contribution < -0.4 is 0 Å². The first-order valence-corrected chi connectivity index (χ1v) is 7.20. The van der Waals surface area contributed by atoms with E-state index < -0.39 is 11.9 Å². The van der Waals surface area contributed by atoms with E-state index in [0.29, 0.717) is 5.56 Å². The number of benzene rings is 1. The minimum atomic E-state index is -0.651. The molecule has 0 N–H and O–H groups in total. The molecule has 112 valence electrons. The van der Waals surface area contributed by atoms with Gasteiger partial charge in [0, 0.05) is 0 Å². The molecular weight excluding hydrogens is 279 g/mol. The van der Waals surface area contributed by atoms with Crippen molar-refractivity contribution in [2.45, 2.75) is 51.9 Å². The van der Waals surface area contributed by atoms with Gasteiger partial charge < -0.3 is 0 Å². The van der Waals surface area contributed by atoms with Crippen molar-refractivity contribution in [2.75, 3.05) is 0 Å². The van der Waals surface area contributed by atoms with Gasteiger partial charge in [-0.1, -0.05) is 57.2 Å². The normalized spacial score (nSPS) is 9.57. The van der Waals surface area contributed by atoms with Crippen molar-refractivity contribution in [3.63, 3.8) is 0 Å². The molecule has 0 aromatic heterocycles. The minimum absolute atomic E-state index is 0. The summed E-state index contributed by atoms with van der Waals surface area (Å²) in [5, 5.41) is 0. The van der Waals surface area contributed by atoms with Crippen molar-refractivity contribution in [1.82, 2.24) is 0 Å². The molecule has 1 aromatic carbocycles. The molecule has 0 aliphatic heterocycles. The van der Waals surface area contributed by atoms with Crippen molar-refractivity contribution in [3.05, 3.63) is 35.9 Å². The van der Waals surface area contributed by atoms with Crippen LogP contribution in [0.4, 0.5) is 0 Å². The summed E-state index contributed by atoms with van der Waals surface area (Å²) in [5.41, 5.74) is 0.361. The second-order valence-corrected chi connectivity index (χ2v) is 4.71. The van der Waals surface area contributed by atoms with Gasteiger partial charge in [-0.2, -0.15) is 0 Å². The first-order valence-electron chi connectivity index (χ1n) is 7.20. The van der Waals surface area contributed by atoms with E-state index in [9.17, 15) is 9.59 Å². The maximum absolute atomic E-state index is 11.5. The average Bonchev–Trinajstić information content (AvgIpc) is 2.49. The monoisotopic (exact) mass is 302 g/mol. The third kappa shape index (κ3) is 9.67. The molecule has 0 radical (unpaired) electrons. The number of hydrogen-bond donors (Lipinski definition) is 0. The Kier molecular flexibility index (Phi) is 12.4. The fraction of sp³-hybridized carbons (Fsp3) is 0.500. The Hall–Kier alpha value is -0.840. The fourth-order valence-corrected chi connectivity index (χ4v) is 1.80. The Morgan fingerprint density at radius 2 is 1.52 bits per heavy atom. The van der Waals surface area contributed by atoms with Crippen molar-refractivity contribution >= 4 is 41.5 Å². The van der Waals surface area contributed by atoms with Crippen LogP contribution in [0.2, 0.25) is 0 Å². The van der Waals surface area contributed by atoms with Gasteiger partial charge in [-0.3, -0.25) is 0 Å². The molecule has 0 aliphatic carbocycles. The van der Waals surface area contributed by atoms with E-state index in [0.717, 1.165) is 19.3 Å². The van der Waals surface area contributed by atoms with Crippen LogP contribution in [0.1, 0.15) is 62.2 Å². The van der Waals surface area contributed by atoms with Crippen LogP contribution in [0.5, 0.6) is 0 Å². The molecule has 0 unspecified atom stereocenters. The zero-order valence-corrected chi connectivity index (χ0v) is 12.0. The van der Waals surface area contributed by atoms with Gasteiger partial charge in [-0.15, -0.1) is 0 Å². The van der Waals surface area contributed by atoms with Gasteiger partial charge in [-0.05, 0) is 18.6 Å². The van der Waals surface area contributed by atoms with Gasteiger partial charge >= 0.3 is 41.5 Å². The second-order valence-electron chi connectivity index (χ2n) is 4.71. The summed E-state index contributed by atoms with van der Waals surface area (Å²) < 4.78 is 0. The Balaban J connectivity index is 0.00000400. The zero-order valence-electron chi connectivity index (χ0n) is 12.0. The molecule has 4 nitrogen and oxygen atoms in total. The van der Waals surface area contributed by atoms with E-state index in [1.54, 1.807) is 30.3 Å². The first kappa shape index (κ1) is 20.2. The summed E-state index contributed by atoms with van der Waals surface area (Å²) in [6.07, 6.45) is 6.83. The summed E-state index contributed by atoms with van der Waals surface area (Å²) >= 11 is 0. The van der Waals surface area contributed by atoms with E-state index in [1.165, 1.54) is 19.3 Å². The molecule has 1 aromatic rings. The van der Waals surface area contributed by atoms with Gasteiger partial charge in [0.05, 0.1) is 12.0 Å². The van der Waals surface area contributed by atoms with Crippen LogP contribution in [-0.4, -0.2) is 41.5 Å². The molecule has 1 rings (SSSR count). The SMILES string of the molecule is CCCCCCCCC(=O)OOC(=O)c1ccccc1.[NaH]. The molecule has 0 aliphatic rings. The van der Waals surface area contributed by atoms with Crippen molar-refractivity contribution < 1.29 is 19.4 Å². The molecule has 0 saturated carbocycles. The Bertz CT molecular complexity index is 406. The molecule has 21 heavy (non-hydrogen) atoms. The molecule has 0 amide bonds. The van der Waals surface area contributed by atoms with E-state index >= 15 is 0 Å². The number of rotatable bonds is 8. The van der Waals surface area contributed by atoms with Crippen LogP contribution in [0.3, 0.4) is 0 Å². The van der Waals surface area contributed by atoms with Crippen LogP contribution in [0.15, 0.2) is 30.3 Å². The van der Waals surface area contributed by atoms with Gasteiger partial charge in [0.2, 0.25) is 0 Å². The topological polar surface area (TPSA) is 52.6 Å². The summed E-state index contributed by atoms with van der Waals surface area (Å²) in [7, 11) is 0. The molecule has 0 heterocycles. The molecule has 0 atom stereocenters. The number of hydrogen-bond acceptors (Lipinski definition) is 4. The molecule has 0 bridgehead atoms. The van der Waals surface area contributed by atoms with Gasteiger partial charge in [-0.25, -0.2) is 19.4 Å². The predicted octanol–water partition coefficient (Wildman–Crippen LogP) is 3.40. The molecule has 0 spiro atoms. The van der Waals surface area contributed by atoms with Crippen LogP contribution >= 0.6 is 0 Å². The number of carbonyl (C=O) groups excluding carboxylic acids is 2. The Morgan fingerprint density at radius 1 is 0.905 bits per heavy atom. The maximum atomic E-state index is 11.5. The fourth-order valence-electron chi connectivity index (χ4n) is 1.80. The third-order valence-electron chi connectivity index (χ3n) is 2.95. The summed E-state index contributed by atoms with van der Waals surface area (Å²) in [6.45, 7) is 2.17. The zero-order chi connectivity index (χ0) is 14.6.